The highest BCUT2D eigenvalue weighted by Gasteiger charge is 2.40. The van der Waals surface area contributed by atoms with Gasteiger partial charge in [0.05, 0.1) is 5.88 Å². The average Bonchev–Trinajstić information content (AvgIpc) is 3.46. The van der Waals surface area contributed by atoms with Gasteiger partial charge in [-0.15, -0.1) is 11.8 Å². The van der Waals surface area contributed by atoms with Crippen LogP contribution in [0.25, 0.3) is 0 Å². The number of hydrogen-bond donors (Lipinski definition) is 1. The molecule has 2 heterocycles. The number of carbonyl (C=O) groups is 3. The maximum Gasteiger partial charge on any atom is 0.248 e. The zero-order valence-electron chi connectivity index (χ0n) is 17.1. The molecule has 1 atom stereocenters. The van der Waals surface area contributed by atoms with Crippen molar-refractivity contribution in [1.29, 1.82) is 0 Å². The molecule has 3 amide bonds. The minimum absolute atomic E-state index is 0.0637. The van der Waals surface area contributed by atoms with Gasteiger partial charge in [0, 0.05) is 36.4 Å². The number of carbonyl (C=O) groups excluding carboxylic acids is 3. The molecule has 3 fully saturated rings. The number of thioether (sulfide) groups is 1. The Hall–Kier alpha value is -2.02. The summed E-state index contributed by atoms with van der Waals surface area (Å²) in [4.78, 5) is 41.9. The predicted molar refractivity (Wildman–Crippen MR) is 115 cm³/mol. The molecule has 3 aliphatic rings. The first-order chi connectivity index (χ1) is 13.9. The fourth-order valence-electron chi connectivity index (χ4n) is 4.09. The van der Waals surface area contributed by atoms with E-state index in [2.05, 4.69) is 5.32 Å². The molecule has 156 valence electrons. The normalized spacial score (nSPS) is 22.6. The number of nitrogens with zero attached hydrogens (tertiary/aromatic N) is 2. The van der Waals surface area contributed by atoms with E-state index in [1.54, 1.807) is 16.7 Å². The highest BCUT2D eigenvalue weighted by molar-refractivity contribution is 7.99. The van der Waals surface area contributed by atoms with Crippen molar-refractivity contribution in [3.05, 3.63) is 29.3 Å². The number of piperidine rings is 1. The number of hydrogen-bond acceptors (Lipinski definition) is 4. The molecule has 0 spiro atoms. The van der Waals surface area contributed by atoms with Crippen molar-refractivity contribution in [1.82, 2.24) is 9.80 Å². The number of likely N-dealkylation sites (tertiary alicyclic amines) is 1. The zero-order valence-corrected chi connectivity index (χ0v) is 18.0. The van der Waals surface area contributed by atoms with Crippen LogP contribution in [0.3, 0.4) is 0 Å². The van der Waals surface area contributed by atoms with Crippen LogP contribution in [0.1, 0.15) is 36.8 Å². The summed E-state index contributed by atoms with van der Waals surface area (Å²) in [7, 11) is 0. The molecule has 7 heteroatoms. The third-order valence-corrected chi connectivity index (χ3v) is 7.34. The Morgan fingerprint density at radius 1 is 0.966 bits per heavy atom. The van der Waals surface area contributed by atoms with Gasteiger partial charge in [0.1, 0.15) is 6.04 Å². The number of anilines is 1. The van der Waals surface area contributed by atoms with E-state index in [1.165, 1.54) is 5.56 Å². The Balaban J connectivity index is 1.35. The Morgan fingerprint density at radius 2 is 1.66 bits per heavy atom. The molecular formula is C22H29N3O3S. The number of amides is 3. The monoisotopic (exact) mass is 415 g/mol. The van der Waals surface area contributed by atoms with Gasteiger partial charge in [-0.05, 0) is 62.8 Å². The van der Waals surface area contributed by atoms with Crippen LogP contribution in [0.4, 0.5) is 5.69 Å². The van der Waals surface area contributed by atoms with Crippen LogP contribution in [-0.2, 0) is 14.4 Å². The van der Waals surface area contributed by atoms with Crippen LogP contribution >= 0.6 is 11.8 Å². The van der Waals surface area contributed by atoms with E-state index in [0.29, 0.717) is 37.6 Å². The van der Waals surface area contributed by atoms with E-state index < -0.39 is 6.04 Å². The highest BCUT2D eigenvalue weighted by Crippen LogP contribution is 2.33. The van der Waals surface area contributed by atoms with Gasteiger partial charge in [0.25, 0.3) is 0 Å². The summed E-state index contributed by atoms with van der Waals surface area (Å²) in [6.07, 6.45) is 3.42. The third kappa shape index (κ3) is 4.44. The summed E-state index contributed by atoms with van der Waals surface area (Å²) in [5, 5.41) is 2.98. The molecule has 0 bridgehead atoms. The first-order valence-corrected chi connectivity index (χ1v) is 11.6. The summed E-state index contributed by atoms with van der Waals surface area (Å²) < 4.78 is 0. The lowest BCUT2D eigenvalue weighted by atomic mass is 9.94. The SMILES string of the molecule is Cc1ccc(NC(=O)C2CSCN2C(=O)C2CCN(C(=O)C3CC3)CC2)cc1C. The van der Waals surface area contributed by atoms with Crippen molar-refractivity contribution < 1.29 is 14.4 Å². The van der Waals surface area contributed by atoms with Gasteiger partial charge in [0.2, 0.25) is 17.7 Å². The summed E-state index contributed by atoms with van der Waals surface area (Å²) in [6, 6.07) is 5.43. The molecule has 1 aliphatic carbocycles. The second-order valence-corrected chi connectivity index (χ2v) is 9.49. The molecule has 6 nitrogen and oxygen atoms in total. The Morgan fingerprint density at radius 3 is 2.31 bits per heavy atom. The topological polar surface area (TPSA) is 69.7 Å². The van der Waals surface area contributed by atoms with Gasteiger partial charge in [-0.25, -0.2) is 0 Å². The van der Waals surface area contributed by atoms with E-state index in [0.717, 1.165) is 24.1 Å². The molecule has 1 aromatic rings. The molecule has 1 aromatic carbocycles. The van der Waals surface area contributed by atoms with Gasteiger partial charge in [-0.1, -0.05) is 6.07 Å². The standard InChI is InChI=1S/C22H29N3O3S/c1-14-3-6-18(11-15(14)2)23-20(26)19-12-29-13-25(19)22(28)17-7-9-24(10-8-17)21(27)16-4-5-16/h3,6,11,16-17,19H,4-5,7-10,12-13H2,1-2H3,(H,23,26). The van der Waals surface area contributed by atoms with Gasteiger partial charge in [-0.3, -0.25) is 14.4 Å². The van der Waals surface area contributed by atoms with E-state index in [9.17, 15) is 14.4 Å². The lowest BCUT2D eigenvalue weighted by Gasteiger charge is -2.34. The smallest absolute Gasteiger partial charge is 0.248 e. The predicted octanol–water partition coefficient (Wildman–Crippen LogP) is 2.79. The molecule has 1 saturated carbocycles. The minimum Gasteiger partial charge on any atom is -0.342 e. The third-order valence-electron chi connectivity index (χ3n) is 6.32. The van der Waals surface area contributed by atoms with Crippen molar-refractivity contribution in [3.8, 4) is 0 Å². The average molecular weight is 416 g/mol. The molecule has 2 aliphatic heterocycles. The lowest BCUT2D eigenvalue weighted by molar-refractivity contribution is -0.143. The molecule has 0 aromatic heterocycles. The maximum atomic E-state index is 13.1. The van der Waals surface area contributed by atoms with Crippen molar-refractivity contribution in [2.24, 2.45) is 11.8 Å². The molecule has 1 N–H and O–H groups in total. The quantitative estimate of drug-likeness (QED) is 0.821. The van der Waals surface area contributed by atoms with E-state index >= 15 is 0 Å². The summed E-state index contributed by atoms with van der Waals surface area (Å²) in [6.45, 7) is 5.38. The Labute approximate surface area is 176 Å². The molecule has 29 heavy (non-hydrogen) atoms. The fraction of sp³-hybridized carbons (Fsp3) is 0.591. The van der Waals surface area contributed by atoms with Gasteiger partial charge < -0.3 is 15.1 Å². The van der Waals surface area contributed by atoms with Crippen molar-refractivity contribution in [2.45, 2.75) is 45.6 Å². The molecule has 2 saturated heterocycles. The Kier molecular flexibility index (Phi) is 5.86. The van der Waals surface area contributed by atoms with Crippen molar-refractivity contribution in [3.63, 3.8) is 0 Å². The number of benzene rings is 1. The summed E-state index contributed by atoms with van der Waals surface area (Å²) in [5.74, 6) is 1.54. The highest BCUT2D eigenvalue weighted by atomic mass is 32.2. The Bertz CT molecular complexity index is 816. The molecular weight excluding hydrogens is 386 g/mol. The zero-order chi connectivity index (χ0) is 20.5. The second kappa shape index (κ2) is 8.38. The first-order valence-electron chi connectivity index (χ1n) is 10.5. The van der Waals surface area contributed by atoms with Gasteiger partial charge in [0.15, 0.2) is 0 Å². The van der Waals surface area contributed by atoms with E-state index in [4.69, 9.17) is 0 Å². The van der Waals surface area contributed by atoms with Crippen LogP contribution < -0.4 is 5.32 Å². The summed E-state index contributed by atoms with van der Waals surface area (Å²) in [5.41, 5.74) is 3.08. The number of aryl methyl sites for hydroxylation is 2. The molecule has 1 unspecified atom stereocenters. The van der Waals surface area contributed by atoms with Gasteiger partial charge >= 0.3 is 0 Å². The van der Waals surface area contributed by atoms with E-state index in [-0.39, 0.29) is 29.6 Å². The van der Waals surface area contributed by atoms with Crippen LogP contribution in [0.2, 0.25) is 0 Å². The lowest BCUT2D eigenvalue weighted by Crippen LogP contribution is -2.49. The van der Waals surface area contributed by atoms with Crippen molar-refractivity contribution >= 4 is 35.2 Å². The fourth-order valence-corrected chi connectivity index (χ4v) is 5.26. The maximum absolute atomic E-state index is 13.1. The minimum atomic E-state index is -0.430. The van der Waals surface area contributed by atoms with E-state index in [1.807, 2.05) is 36.9 Å². The molecule has 4 rings (SSSR count). The van der Waals surface area contributed by atoms with Crippen LogP contribution in [0.15, 0.2) is 18.2 Å². The second-order valence-electron chi connectivity index (χ2n) is 8.49. The number of rotatable bonds is 4. The van der Waals surface area contributed by atoms with Crippen LogP contribution in [-0.4, -0.2) is 58.3 Å². The van der Waals surface area contributed by atoms with Crippen molar-refractivity contribution in [2.75, 3.05) is 30.0 Å². The first kappa shape index (κ1) is 20.3. The summed E-state index contributed by atoms with van der Waals surface area (Å²) >= 11 is 1.62. The number of nitrogens with one attached hydrogen (secondary N) is 1. The molecule has 0 radical (unpaired) electrons. The van der Waals surface area contributed by atoms with Crippen LogP contribution in [0.5, 0.6) is 0 Å². The largest absolute Gasteiger partial charge is 0.342 e. The van der Waals surface area contributed by atoms with Crippen LogP contribution in [0, 0.1) is 25.7 Å². The van der Waals surface area contributed by atoms with Gasteiger partial charge in [-0.2, -0.15) is 0 Å².